The Hall–Kier alpha value is -3.44. The van der Waals surface area contributed by atoms with Crippen molar-refractivity contribution in [1.82, 2.24) is 18.7 Å². The van der Waals surface area contributed by atoms with Crippen molar-refractivity contribution >= 4 is 40.3 Å². The zero-order chi connectivity index (χ0) is 26.1. The molecule has 1 aliphatic rings. The van der Waals surface area contributed by atoms with E-state index in [-0.39, 0.29) is 24.3 Å². The van der Waals surface area contributed by atoms with Gasteiger partial charge >= 0.3 is 11.7 Å². The largest absolute Gasteiger partial charge is 0.468 e. The van der Waals surface area contributed by atoms with E-state index in [1.807, 2.05) is 0 Å². The summed E-state index contributed by atoms with van der Waals surface area (Å²) >= 11 is 12.7. The predicted molar refractivity (Wildman–Crippen MR) is 138 cm³/mol. The summed E-state index contributed by atoms with van der Waals surface area (Å²) in [5, 5.41) is 0.905. The summed E-state index contributed by atoms with van der Waals surface area (Å²) in [4.78, 5) is 44.3. The fraction of sp³-hybridized carbons (Fsp3) is 0.280. The first-order chi connectivity index (χ1) is 17.9. The lowest BCUT2D eigenvalue weighted by molar-refractivity contribution is -0.141. The molecule has 37 heavy (non-hydrogen) atoms. The highest BCUT2D eigenvalue weighted by molar-refractivity contribution is 6.33. The van der Waals surface area contributed by atoms with Crippen molar-refractivity contribution < 1.29 is 19.0 Å². The lowest BCUT2D eigenvalue weighted by Gasteiger charge is -2.24. The number of methoxy groups -OCH3 is 1. The Morgan fingerprint density at radius 3 is 2.51 bits per heavy atom. The molecule has 0 radical (unpaired) electrons. The Bertz CT molecular complexity index is 1590. The van der Waals surface area contributed by atoms with Crippen LogP contribution in [0.15, 0.2) is 58.1 Å². The van der Waals surface area contributed by atoms with Gasteiger partial charge in [-0.3, -0.25) is 18.7 Å². The van der Waals surface area contributed by atoms with Gasteiger partial charge in [0.2, 0.25) is 0 Å². The van der Waals surface area contributed by atoms with Crippen molar-refractivity contribution in [2.75, 3.05) is 26.9 Å². The molecular formula is C25H22Cl2N4O6. The van der Waals surface area contributed by atoms with Crippen LogP contribution in [0.4, 0.5) is 0 Å². The summed E-state index contributed by atoms with van der Waals surface area (Å²) in [6.45, 7) is 0.563. The van der Waals surface area contributed by atoms with E-state index >= 15 is 0 Å². The maximum Gasteiger partial charge on any atom is 0.333 e. The van der Waals surface area contributed by atoms with Crippen LogP contribution in [0.3, 0.4) is 0 Å². The van der Waals surface area contributed by atoms with Gasteiger partial charge in [-0.25, -0.2) is 14.3 Å². The van der Waals surface area contributed by atoms with Crippen molar-refractivity contribution in [2.45, 2.75) is 19.2 Å². The number of esters is 1. The standard InChI is InChI=1S/C25H22Cl2N4O6/c1-35-20(32)13-30-24(33)21-23(29(25(30)34)12-17-14-36-10-11-37-17)28-22(18-4-2-3-5-19(18)27)31(21)16-8-6-15(26)7-9-16/h2-9,17H,10-14H2,1H3. The lowest BCUT2D eigenvalue weighted by Crippen LogP contribution is -2.45. The number of aromatic nitrogens is 4. The fourth-order valence-corrected chi connectivity index (χ4v) is 4.59. The number of hydrogen-bond acceptors (Lipinski definition) is 7. The van der Waals surface area contributed by atoms with Gasteiger partial charge in [-0.1, -0.05) is 35.3 Å². The summed E-state index contributed by atoms with van der Waals surface area (Å²) in [5.74, 6) is -0.406. The second-order valence-electron chi connectivity index (χ2n) is 8.33. The molecule has 12 heteroatoms. The molecule has 0 spiro atoms. The molecule has 0 N–H and O–H groups in total. The molecule has 10 nitrogen and oxygen atoms in total. The molecule has 1 saturated heterocycles. The van der Waals surface area contributed by atoms with Crippen molar-refractivity contribution in [3.63, 3.8) is 0 Å². The minimum atomic E-state index is -0.744. The van der Waals surface area contributed by atoms with Gasteiger partial charge in [0.25, 0.3) is 5.56 Å². The number of ether oxygens (including phenoxy) is 3. The van der Waals surface area contributed by atoms with E-state index in [2.05, 4.69) is 0 Å². The number of hydrogen-bond donors (Lipinski definition) is 0. The Morgan fingerprint density at radius 2 is 1.84 bits per heavy atom. The molecule has 0 aliphatic carbocycles. The highest BCUT2D eigenvalue weighted by Crippen LogP contribution is 2.32. The van der Waals surface area contributed by atoms with Gasteiger partial charge in [-0.2, -0.15) is 0 Å². The number of halogens is 2. The molecule has 1 unspecified atom stereocenters. The van der Waals surface area contributed by atoms with Gasteiger partial charge in [-0.15, -0.1) is 0 Å². The second kappa shape index (κ2) is 10.5. The van der Waals surface area contributed by atoms with Crippen LogP contribution in [-0.4, -0.2) is 57.7 Å². The monoisotopic (exact) mass is 544 g/mol. The quantitative estimate of drug-likeness (QED) is 0.343. The number of nitrogens with zero attached hydrogens (tertiary/aromatic N) is 4. The Labute approximate surface area is 220 Å². The van der Waals surface area contributed by atoms with Gasteiger partial charge in [0.05, 0.1) is 44.6 Å². The van der Waals surface area contributed by atoms with Crippen LogP contribution < -0.4 is 11.2 Å². The first-order valence-corrected chi connectivity index (χ1v) is 12.2. The van der Waals surface area contributed by atoms with E-state index < -0.39 is 29.9 Å². The van der Waals surface area contributed by atoms with E-state index in [4.69, 9.17) is 42.4 Å². The maximum atomic E-state index is 13.8. The third-order valence-electron chi connectivity index (χ3n) is 6.01. The van der Waals surface area contributed by atoms with E-state index in [1.165, 1.54) is 11.7 Å². The van der Waals surface area contributed by atoms with Gasteiger partial charge in [0, 0.05) is 16.3 Å². The first kappa shape index (κ1) is 25.2. The number of carbonyl (C=O) groups excluding carboxylic acids is 1. The first-order valence-electron chi connectivity index (χ1n) is 11.4. The van der Waals surface area contributed by atoms with Gasteiger partial charge in [0.15, 0.2) is 11.2 Å². The normalized spacial score (nSPS) is 15.7. The van der Waals surface area contributed by atoms with Crippen LogP contribution >= 0.6 is 23.2 Å². The van der Waals surface area contributed by atoms with Crippen molar-refractivity contribution in [3.8, 4) is 17.1 Å². The van der Waals surface area contributed by atoms with E-state index in [9.17, 15) is 14.4 Å². The summed E-state index contributed by atoms with van der Waals surface area (Å²) < 4.78 is 19.8. The smallest absolute Gasteiger partial charge is 0.333 e. The number of imidazole rings is 1. The summed E-state index contributed by atoms with van der Waals surface area (Å²) in [6, 6.07) is 13.8. The molecule has 1 aliphatic heterocycles. The topological polar surface area (TPSA) is 107 Å². The third kappa shape index (κ3) is 4.80. The highest BCUT2D eigenvalue weighted by atomic mass is 35.5. The minimum absolute atomic E-state index is 0.0520. The zero-order valence-electron chi connectivity index (χ0n) is 19.7. The molecule has 0 amide bonds. The number of benzene rings is 2. The van der Waals surface area contributed by atoms with Gasteiger partial charge in [-0.05, 0) is 36.4 Å². The van der Waals surface area contributed by atoms with Gasteiger partial charge < -0.3 is 14.2 Å². The molecular weight excluding hydrogens is 523 g/mol. The zero-order valence-corrected chi connectivity index (χ0v) is 21.2. The van der Waals surface area contributed by atoms with Crippen molar-refractivity contribution in [2.24, 2.45) is 0 Å². The Kier molecular flexibility index (Phi) is 7.16. The summed E-state index contributed by atoms with van der Waals surface area (Å²) in [7, 11) is 1.19. The molecule has 3 heterocycles. The average Bonchev–Trinajstić information content (AvgIpc) is 3.30. The van der Waals surface area contributed by atoms with Crippen LogP contribution in [0.25, 0.3) is 28.2 Å². The third-order valence-corrected chi connectivity index (χ3v) is 6.59. The van der Waals surface area contributed by atoms with Gasteiger partial charge in [0.1, 0.15) is 12.4 Å². The maximum absolute atomic E-state index is 13.8. The number of rotatable bonds is 6. The molecule has 0 saturated carbocycles. The fourth-order valence-electron chi connectivity index (χ4n) is 4.25. The number of fused-ring (bicyclic) bond motifs is 1. The van der Waals surface area contributed by atoms with Crippen molar-refractivity contribution in [1.29, 1.82) is 0 Å². The highest BCUT2D eigenvalue weighted by Gasteiger charge is 2.27. The van der Waals surface area contributed by atoms with E-state index in [0.29, 0.717) is 40.3 Å². The molecule has 1 fully saturated rings. The number of carbonyl (C=O) groups is 1. The lowest BCUT2D eigenvalue weighted by atomic mass is 10.2. The van der Waals surface area contributed by atoms with Crippen LogP contribution in [0, 0.1) is 0 Å². The molecule has 2 aromatic heterocycles. The summed E-state index contributed by atoms with van der Waals surface area (Å²) in [5.41, 5.74) is -0.115. The SMILES string of the molecule is COC(=O)Cn1c(=O)c2c(nc(-c3ccccc3Cl)n2-c2ccc(Cl)cc2)n(CC2COCCO2)c1=O. The molecule has 0 bridgehead atoms. The molecule has 192 valence electrons. The Morgan fingerprint density at radius 1 is 1.08 bits per heavy atom. The molecule has 5 rings (SSSR count). The van der Waals surface area contributed by atoms with Crippen LogP contribution in [0.1, 0.15) is 0 Å². The molecule has 2 aromatic carbocycles. The predicted octanol–water partition coefficient (Wildman–Crippen LogP) is 2.91. The van der Waals surface area contributed by atoms with E-state index in [0.717, 1.165) is 4.57 Å². The summed E-state index contributed by atoms with van der Waals surface area (Å²) in [6.07, 6.45) is -0.455. The second-order valence-corrected chi connectivity index (χ2v) is 9.17. The molecule has 4 aromatic rings. The van der Waals surface area contributed by atoms with Crippen LogP contribution in [-0.2, 0) is 32.1 Å². The minimum Gasteiger partial charge on any atom is -0.468 e. The average molecular weight is 545 g/mol. The Balaban J connectivity index is 1.87. The van der Waals surface area contributed by atoms with Crippen LogP contribution in [0.5, 0.6) is 0 Å². The van der Waals surface area contributed by atoms with E-state index in [1.54, 1.807) is 53.1 Å². The van der Waals surface area contributed by atoms with Crippen molar-refractivity contribution in [3.05, 3.63) is 79.4 Å². The van der Waals surface area contributed by atoms with Crippen LogP contribution in [0.2, 0.25) is 10.0 Å². The molecule has 1 atom stereocenters.